The number of esters is 2. The number of hydrogen-bond donors (Lipinski definition) is 0. The average molecular weight is 729 g/mol. The minimum Gasteiger partial charge on any atom is -0.496 e. The van der Waals surface area contributed by atoms with Crippen LogP contribution in [0.1, 0.15) is 83.6 Å². The van der Waals surface area contributed by atoms with Crippen LogP contribution in [-0.4, -0.2) is 67.9 Å². The summed E-state index contributed by atoms with van der Waals surface area (Å²) in [5, 5.41) is 0. The van der Waals surface area contributed by atoms with E-state index >= 15 is 0 Å². The van der Waals surface area contributed by atoms with E-state index < -0.39 is 30.3 Å². The molecule has 286 valence electrons. The summed E-state index contributed by atoms with van der Waals surface area (Å²) in [6.07, 6.45) is 34.0. The minimum absolute atomic E-state index is 0.0352. The van der Waals surface area contributed by atoms with Gasteiger partial charge in [-0.3, -0.25) is 4.99 Å². The summed E-state index contributed by atoms with van der Waals surface area (Å²) < 4.78 is 34.5. The van der Waals surface area contributed by atoms with Gasteiger partial charge in [-0.2, -0.15) is 0 Å². The van der Waals surface area contributed by atoms with Crippen molar-refractivity contribution in [2.75, 3.05) is 13.7 Å². The maximum absolute atomic E-state index is 13.2. The van der Waals surface area contributed by atoms with Gasteiger partial charge in [0.05, 0.1) is 0 Å². The molecule has 1 aromatic heterocycles. The molecule has 0 N–H and O–H groups in total. The topological polar surface area (TPSA) is 122 Å². The van der Waals surface area contributed by atoms with E-state index in [0.717, 1.165) is 6.42 Å². The molecule has 0 aliphatic carbocycles. The monoisotopic (exact) mass is 728 g/mol. The fraction of sp³-hybridized carbons (Fsp3) is 0.442. The number of carbonyl (C=O) groups is 2. The van der Waals surface area contributed by atoms with Gasteiger partial charge >= 0.3 is 11.9 Å². The third-order valence-electron chi connectivity index (χ3n) is 8.90. The van der Waals surface area contributed by atoms with Gasteiger partial charge in [0, 0.05) is 36.9 Å². The average Bonchev–Trinajstić information content (AvgIpc) is 3.71. The Morgan fingerprint density at radius 2 is 1.47 bits per heavy atom. The van der Waals surface area contributed by atoms with Gasteiger partial charge in [-0.1, -0.05) is 119 Å². The highest BCUT2D eigenvalue weighted by Gasteiger charge is 2.35. The molecule has 0 saturated carbocycles. The van der Waals surface area contributed by atoms with Crippen molar-refractivity contribution in [1.82, 2.24) is 4.98 Å². The zero-order valence-corrected chi connectivity index (χ0v) is 32.2. The largest absolute Gasteiger partial charge is 0.496 e. The van der Waals surface area contributed by atoms with Crippen molar-refractivity contribution in [2.24, 2.45) is 15.8 Å². The Balaban J connectivity index is 1.85. The number of aliphatic imine (C=N–C) groups is 1. The Morgan fingerprint density at radius 3 is 2.13 bits per heavy atom. The van der Waals surface area contributed by atoms with Crippen molar-refractivity contribution in [3.63, 3.8) is 0 Å². The summed E-state index contributed by atoms with van der Waals surface area (Å²) in [7, 11) is 1.57. The fourth-order valence-corrected chi connectivity index (χ4v) is 5.26. The summed E-state index contributed by atoms with van der Waals surface area (Å²) in [6, 6.07) is 0. The lowest BCUT2D eigenvalue weighted by molar-refractivity contribution is -0.150. The lowest BCUT2D eigenvalue weighted by Gasteiger charge is -2.32. The van der Waals surface area contributed by atoms with Crippen LogP contribution in [0, 0.1) is 10.8 Å². The molecular formula is C43H56N2O8. The van der Waals surface area contributed by atoms with E-state index in [4.69, 9.17) is 28.1 Å². The number of carbonyl (C=O) groups excluding carboxylic acids is 2. The Hall–Kier alpha value is -4.80. The molecule has 1 aromatic rings. The SMILES string of the molecule is C=N/C1=C\OCC(OC)/C=C/C=C\C=C/CC(C(C)(C)C/C=C/C)OC(=O)c2coc(n2)/C=C\C=C\C2OC2/C=C\CC(C(C)(C)C/C=C/C)OC1=O. The molecular weight excluding hydrogens is 672 g/mol. The van der Waals surface area contributed by atoms with Crippen LogP contribution in [0.2, 0.25) is 0 Å². The standard InChI is InChI=1S/C43H56N2O8/c1-9-11-27-42(3,4)37-24-17-15-13-14-16-21-32(48-8)29-49-30-33(44-7)40(46)52-38(43(5,6)28-12-10-2)25-20-23-36-35(51-36)22-18-19-26-39-45-34(31-50-39)41(47)53-37/h9-23,26,30-32,35-38H,7,24-25,27-29H2,1-6,8H3/b11-9+,12-10+,14-13-,17-15-,21-16+,22-18+,23-20-,26-19-,33-30-. The smallest absolute Gasteiger partial charge is 0.360 e. The molecule has 0 aromatic carbocycles. The highest BCUT2D eigenvalue weighted by molar-refractivity contribution is 5.88. The maximum Gasteiger partial charge on any atom is 0.360 e. The fourth-order valence-electron chi connectivity index (χ4n) is 5.26. The van der Waals surface area contributed by atoms with E-state index in [9.17, 15) is 9.59 Å². The minimum atomic E-state index is -0.624. The number of epoxide rings is 1. The van der Waals surface area contributed by atoms with Crippen molar-refractivity contribution in [2.45, 2.75) is 97.7 Å². The summed E-state index contributed by atoms with van der Waals surface area (Å²) >= 11 is 0. The van der Waals surface area contributed by atoms with E-state index in [1.807, 2.05) is 86.8 Å². The molecule has 5 atom stereocenters. The number of methoxy groups -OCH3 is 1. The highest BCUT2D eigenvalue weighted by Crippen LogP contribution is 2.33. The summed E-state index contributed by atoms with van der Waals surface area (Å²) in [5.41, 5.74) is -0.645. The molecule has 53 heavy (non-hydrogen) atoms. The number of oxazole rings is 1. The molecule has 5 unspecified atom stereocenters. The van der Waals surface area contributed by atoms with Gasteiger partial charge in [0.15, 0.2) is 11.4 Å². The predicted octanol–water partition coefficient (Wildman–Crippen LogP) is 9.03. The van der Waals surface area contributed by atoms with Gasteiger partial charge in [-0.05, 0) is 33.4 Å². The maximum atomic E-state index is 13.2. The second-order valence-corrected chi connectivity index (χ2v) is 14.1. The molecule has 0 spiro atoms. The van der Waals surface area contributed by atoms with Gasteiger partial charge in [0.25, 0.3) is 0 Å². The summed E-state index contributed by atoms with van der Waals surface area (Å²) in [6.45, 7) is 15.9. The summed E-state index contributed by atoms with van der Waals surface area (Å²) in [5.74, 6) is -0.886. The number of aromatic nitrogens is 1. The second-order valence-electron chi connectivity index (χ2n) is 14.1. The molecule has 3 heterocycles. The molecule has 2 bridgehead atoms. The Morgan fingerprint density at radius 1 is 0.849 bits per heavy atom. The normalized spacial score (nSPS) is 29.0. The first-order valence-electron chi connectivity index (χ1n) is 18.0. The van der Waals surface area contributed by atoms with Crippen LogP contribution < -0.4 is 0 Å². The van der Waals surface area contributed by atoms with Gasteiger partial charge in [-0.25, -0.2) is 14.6 Å². The first-order chi connectivity index (χ1) is 25.4. The van der Waals surface area contributed by atoms with Crippen LogP contribution in [0.3, 0.4) is 0 Å². The molecule has 2 aliphatic heterocycles. The molecule has 2 aliphatic rings. The Kier molecular flexibility index (Phi) is 17.4. The third-order valence-corrected chi connectivity index (χ3v) is 8.90. The zero-order chi connectivity index (χ0) is 38.7. The van der Waals surface area contributed by atoms with E-state index in [-0.39, 0.29) is 46.9 Å². The number of allylic oxidation sites excluding steroid dienone is 10. The van der Waals surface area contributed by atoms with Crippen LogP contribution in [0.15, 0.2) is 119 Å². The lowest BCUT2D eigenvalue weighted by atomic mass is 9.81. The van der Waals surface area contributed by atoms with E-state index in [2.05, 4.69) is 56.5 Å². The van der Waals surface area contributed by atoms with Crippen LogP contribution >= 0.6 is 0 Å². The molecule has 0 amide bonds. The van der Waals surface area contributed by atoms with E-state index in [0.29, 0.717) is 19.3 Å². The van der Waals surface area contributed by atoms with Crippen molar-refractivity contribution in [3.8, 4) is 0 Å². The molecule has 10 heteroatoms. The van der Waals surface area contributed by atoms with E-state index in [1.165, 1.54) is 12.5 Å². The van der Waals surface area contributed by atoms with Gasteiger partial charge in [0.1, 0.15) is 49.7 Å². The quantitative estimate of drug-likeness (QED) is 0.112. The van der Waals surface area contributed by atoms with Crippen molar-refractivity contribution in [1.29, 1.82) is 0 Å². The number of rotatable bonds is 8. The van der Waals surface area contributed by atoms with Crippen molar-refractivity contribution in [3.05, 3.63) is 121 Å². The molecule has 10 nitrogen and oxygen atoms in total. The summed E-state index contributed by atoms with van der Waals surface area (Å²) in [4.78, 5) is 34.6. The zero-order valence-electron chi connectivity index (χ0n) is 32.2. The van der Waals surface area contributed by atoms with Crippen LogP contribution in [0.25, 0.3) is 6.08 Å². The number of cyclic esters (lactones) is 2. The first-order valence-corrected chi connectivity index (χ1v) is 18.0. The van der Waals surface area contributed by atoms with Crippen molar-refractivity contribution >= 4 is 24.7 Å². The number of ether oxygens (including phenoxy) is 5. The van der Waals surface area contributed by atoms with Crippen LogP contribution in [0.5, 0.6) is 0 Å². The number of nitrogens with zero attached hydrogens (tertiary/aromatic N) is 2. The van der Waals surface area contributed by atoms with Gasteiger partial charge < -0.3 is 28.1 Å². The van der Waals surface area contributed by atoms with Crippen molar-refractivity contribution < 1.29 is 37.7 Å². The Labute approximate surface area is 315 Å². The lowest BCUT2D eigenvalue weighted by Crippen LogP contribution is -2.34. The van der Waals surface area contributed by atoms with Crippen LogP contribution in [0.4, 0.5) is 0 Å². The van der Waals surface area contributed by atoms with Crippen LogP contribution in [-0.2, 0) is 28.5 Å². The third kappa shape index (κ3) is 14.6. The second kappa shape index (κ2) is 21.7. The van der Waals surface area contributed by atoms with Gasteiger partial charge in [-0.15, -0.1) is 0 Å². The molecule has 0 radical (unpaired) electrons. The molecule has 1 fully saturated rings. The number of fused-ring (bicyclic) bond motifs is 3. The van der Waals surface area contributed by atoms with E-state index in [1.54, 1.807) is 19.3 Å². The Bertz CT molecular complexity index is 1620. The molecule has 1 saturated heterocycles. The highest BCUT2D eigenvalue weighted by atomic mass is 16.6. The first kappa shape index (κ1) is 42.6. The number of hydrogen-bond acceptors (Lipinski definition) is 10. The predicted molar refractivity (Wildman–Crippen MR) is 209 cm³/mol. The molecule has 3 rings (SSSR count). The van der Waals surface area contributed by atoms with Gasteiger partial charge in [0.2, 0.25) is 5.89 Å².